The van der Waals surface area contributed by atoms with Gasteiger partial charge in [-0.1, -0.05) is 30.9 Å². The molecule has 2 atom stereocenters. The smallest absolute Gasteiger partial charge is 0.237 e. The summed E-state index contributed by atoms with van der Waals surface area (Å²) in [6.45, 7) is 3.58. The minimum atomic E-state index is -0.240. The van der Waals surface area contributed by atoms with Gasteiger partial charge >= 0.3 is 0 Å². The molecule has 4 heteroatoms. The third-order valence-corrected chi connectivity index (χ3v) is 2.84. The molecule has 17 heavy (non-hydrogen) atoms. The highest BCUT2D eigenvalue weighted by Gasteiger charge is 2.32. The molecule has 0 radical (unpaired) electrons. The fourth-order valence-electron chi connectivity index (χ4n) is 1.63. The summed E-state index contributed by atoms with van der Waals surface area (Å²) in [4.78, 5) is 12.5. The molecule has 2 rings (SSSR count). The Hall–Kier alpha value is -1.68. The van der Waals surface area contributed by atoms with Gasteiger partial charge < -0.3 is 4.74 Å². The van der Waals surface area contributed by atoms with Gasteiger partial charge in [-0.05, 0) is 18.2 Å². The molecule has 88 valence electrons. The predicted octanol–water partition coefficient (Wildman–Crippen LogP) is 2.08. The zero-order valence-corrected chi connectivity index (χ0v) is 10.1. The number of nitrogens with one attached hydrogen (secondary N) is 1. The van der Waals surface area contributed by atoms with Crippen molar-refractivity contribution in [1.82, 2.24) is 5.32 Å². The number of allylic oxidation sites excluding steroid dienone is 5. The van der Waals surface area contributed by atoms with Gasteiger partial charge in [0, 0.05) is 4.91 Å². The second-order valence-electron chi connectivity index (χ2n) is 3.69. The van der Waals surface area contributed by atoms with Crippen LogP contribution in [-0.4, -0.2) is 12.0 Å². The standard InChI is InChI=1S/C13H13NO2S/c1-2-9(17)7-8-12-14-13(15)10-5-3-4-6-11(10)16-12/h2-8,10-11,17H,1H2,(H,14,15)/b9-7+,12-8+. The third-order valence-electron chi connectivity index (χ3n) is 2.51. The molecule has 1 aliphatic carbocycles. The number of thiol groups is 1. The van der Waals surface area contributed by atoms with Crippen molar-refractivity contribution < 1.29 is 9.53 Å². The number of carbonyl (C=O) groups excluding carboxylic acids is 1. The van der Waals surface area contributed by atoms with E-state index in [2.05, 4.69) is 24.5 Å². The Balaban J connectivity index is 2.14. The number of amides is 1. The molecule has 3 nitrogen and oxygen atoms in total. The first-order valence-electron chi connectivity index (χ1n) is 5.26. The Morgan fingerprint density at radius 2 is 2.24 bits per heavy atom. The minimum absolute atomic E-state index is 0.0548. The van der Waals surface area contributed by atoms with E-state index in [0.717, 1.165) is 0 Å². The lowest BCUT2D eigenvalue weighted by molar-refractivity contribution is -0.130. The van der Waals surface area contributed by atoms with E-state index in [1.165, 1.54) is 0 Å². The highest BCUT2D eigenvalue weighted by atomic mass is 32.1. The number of rotatable bonds is 2. The van der Waals surface area contributed by atoms with Crippen molar-refractivity contribution in [2.24, 2.45) is 5.92 Å². The van der Waals surface area contributed by atoms with Gasteiger partial charge in [0.1, 0.15) is 6.10 Å². The lowest BCUT2D eigenvalue weighted by Gasteiger charge is -2.30. The normalized spacial score (nSPS) is 29.6. The molecule has 2 aliphatic rings. The number of ether oxygens (including phenoxy) is 1. The first-order chi connectivity index (χ1) is 8.20. The van der Waals surface area contributed by atoms with Gasteiger partial charge in [0.25, 0.3) is 0 Å². The Morgan fingerprint density at radius 1 is 1.47 bits per heavy atom. The van der Waals surface area contributed by atoms with Crippen LogP contribution in [0.2, 0.25) is 0 Å². The van der Waals surface area contributed by atoms with E-state index in [1.54, 1.807) is 18.2 Å². The van der Waals surface area contributed by atoms with E-state index in [1.807, 2.05) is 24.3 Å². The number of hydrogen-bond donors (Lipinski definition) is 2. The summed E-state index contributed by atoms with van der Waals surface area (Å²) in [6.07, 6.45) is 12.2. The van der Waals surface area contributed by atoms with Crippen LogP contribution in [0.1, 0.15) is 0 Å². The fourth-order valence-corrected chi connectivity index (χ4v) is 1.70. The van der Waals surface area contributed by atoms with E-state index >= 15 is 0 Å². The van der Waals surface area contributed by atoms with E-state index in [0.29, 0.717) is 10.8 Å². The topological polar surface area (TPSA) is 38.3 Å². The SMILES string of the molecule is C=C/C(S)=C\C=C1/NC(=O)C2C=CC=CC2O1. The van der Waals surface area contributed by atoms with E-state index < -0.39 is 0 Å². The summed E-state index contributed by atoms with van der Waals surface area (Å²) in [7, 11) is 0. The maximum absolute atomic E-state index is 11.8. The maximum atomic E-state index is 11.8. The van der Waals surface area contributed by atoms with Gasteiger partial charge in [0.15, 0.2) is 5.88 Å². The van der Waals surface area contributed by atoms with Crippen molar-refractivity contribution in [1.29, 1.82) is 0 Å². The first-order valence-corrected chi connectivity index (χ1v) is 5.71. The van der Waals surface area contributed by atoms with Crippen LogP contribution in [0.25, 0.3) is 0 Å². The van der Waals surface area contributed by atoms with Crippen molar-refractivity contribution in [3.05, 3.63) is 59.9 Å². The summed E-state index contributed by atoms with van der Waals surface area (Å²) in [5.41, 5.74) is 0. The fraction of sp³-hybridized carbons (Fsp3) is 0.154. The molecule has 0 aromatic carbocycles. The molecule has 1 aliphatic heterocycles. The second kappa shape index (κ2) is 5.10. The van der Waals surface area contributed by atoms with Gasteiger partial charge in [-0.25, -0.2) is 0 Å². The van der Waals surface area contributed by atoms with Gasteiger partial charge in [0.05, 0.1) is 5.92 Å². The number of hydrogen-bond acceptors (Lipinski definition) is 3. The van der Waals surface area contributed by atoms with Crippen LogP contribution >= 0.6 is 12.6 Å². The molecule has 1 saturated heterocycles. The average molecular weight is 247 g/mol. The predicted molar refractivity (Wildman–Crippen MR) is 70.1 cm³/mol. The number of carbonyl (C=O) groups is 1. The van der Waals surface area contributed by atoms with Crippen LogP contribution in [0.15, 0.2) is 59.9 Å². The lowest BCUT2D eigenvalue weighted by Crippen LogP contribution is -2.44. The molecule has 2 unspecified atom stereocenters. The average Bonchev–Trinajstić information content (AvgIpc) is 2.36. The van der Waals surface area contributed by atoms with Crippen LogP contribution in [-0.2, 0) is 9.53 Å². The van der Waals surface area contributed by atoms with Crippen molar-refractivity contribution in [2.45, 2.75) is 6.10 Å². The van der Waals surface area contributed by atoms with E-state index in [9.17, 15) is 4.79 Å². The molecule has 0 saturated carbocycles. The van der Waals surface area contributed by atoms with E-state index in [4.69, 9.17) is 4.74 Å². The Kier molecular flexibility index (Phi) is 3.54. The zero-order chi connectivity index (χ0) is 12.3. The summed E-state index contributed by atoms with van der Waals surface area (Å²) in [5.74, 6) is 0.140. The molecule has 0 bridgehead atoms. The van der Waals surface area contributed by atoms with Crippen LogP contribution in [0.5, 0.6) is 0 Å². The van der Waals surface area contributed by atoms with E-state index in [-0.39, 0.29) is 17.9 Å². The molecule has 1 N–H and O–H groups in total. The van der Waals surface area contributed by atoms with Gasteiger partial charge in [-0.3, -0.25) is 10.1 Å². The summed E-state index contributed by atoms with van der Waals surface area (Å²) in [5, 5.41) is 2.70. The van der Waals surface area contributed by atoms with Gasteiger partial charge in [-0.15, -0.1) is 12.6 Å². The molecular weight excluding hydrogens is 234 g/mol. The summed E-state index contributed by atoms with van der Waals surface area (Å²) >= 11 is 4.15. The molecule has 1 heterocycles. The Bertz CT molecular complexity index is 460. The van der Waals surface area contributed by atoms with Crippen LogP contribution in [0.4, 0.5) is 0 Å². The third kappa shape index (κ3) is 2.71. The number of fused-ring (bicyclic) bond motifs is 1. The molecule has 1 fully saturated rings. The maximum Gasteiger partial charge on any atom is 0.237 e. The van der Waals surface area contributed by atoms with Crippen molar-refractivity contribution in [2.75, 3.05) is 0 Å². The zero-order valence-electron chi connectivity index (χ0n) is 9.17. The van der Waals surface area contributed by atoms with Crippen molar-refractivity contribution >= 4 is 18.5 Å². The molecule has 0 aromatic heterocycles. The largest absolute Gasteiger partial charge is 0.470 e. The van der Waals surface area contributed by atoms with Crippen molar-refractivity contribution in [3.8, 4) is 0 Å². The highest BCUT2D eigenvalue weighted by Crippen LogP contribution is 2.23. The summed E-state index contributed by atoms with van der Waals surface area (Å²) < 4.78 is 5.63. The lowest BCUT2D eigenvalue weighted by atomic mass is 9.95. The minimum Gasteiger partial charge on any atom is -0.470 e. The molecular formula is C13H13NO2S. The first kappa shape index (κ1) is 11.8. The van der Waals surface area contributed by atoms with Crippen molar-refractivity contribution in [3.63, 3.8) is 0 Å². The summed E-state index contributed by atoms with van der Waals surface area (Å²) in [6, 6.07) is 0. The van der Waals surface area contributed by atoms with Gasteiger partial charge in [-0.2, -0.15) is 0 Å². The van der Waals surface area contributed by atoms with Crippen LogP contribution < -0.4 is 5.32 Å². The monoisotopic (exact) mass is 247 g/mol. The van der Waals surface area contributed by atoms with Crippen LogP contribution in [0, 0.1) is 5.92 Å². The molecule has 1 amide bonds. The highest BCUT2D eigenvalue weighted by molar-refractivity contribution is 7.84. The van der Waals surface area contributed by atoms with Crippen LogP contribution in [0.3, 0.4) is 0 Å². The quantitative estimate of drug-likeness (QED) is 0.579. The van der Waals surface area contributed by atoms with Gasteiger partial charge in [0.2, 0.25) is 5.91 Å². The molecule has 0 aromatic rings. The Labute approximate surface area is 106 Å². The Morgan fingerprint density at radius 3 is 3.00 bits per heavy atom. The molecule has 0 spiro atoms. The second-order valence-corrected chi connectivity index (χ2v) is 4.21.